The number of rotatable bonds is 5. The summed E-state index contributed by atoms with van der Waals surface area (Å²) >= 11 is 3.24. The van der Waals surface area contributed by atoms with Gasteiger partial charge < -0.3 is 5.32 Å². The number of likely N-dealkylation sites (N-methyl/N-ethyl adjacent to an activating group) is 1. The van der Waals surface area contributed by atoms with E-state index in [4.69, 9.17) is 0 Å². The zero-order chi connectivity index (χ0) is 13.8. The van der Waals surface area contributed by atoms with E-state index in [1.165, 1.54) is 6.07 Å². The lowest BCUT2D eigenvalue weighted by molar-refractivity contribution is 0.546. The molecule has 2 rings (SSSR count). The van der Waals surface area contributed by atoms with Crippen LogP contribution in [0.3, 0.4) is 0 Å². The molecule has 3 nitrogen and oxygen atoms in total. The van der Waals surface area contributed by atoms with Gasteiger partial charge in [-0.3, -0.25) is 4.68 Å². The van der Waals surface area contributed by atoms with Crippen LogP contribution in [0.1, 0.15) is 24.1 Å². The van der Waals surface area contributed by atoms with E-state index in [0.717, 1.165) is 24.1 Å². The second kappa shape index (κ2) is 6.30. The first-order chi connectivity index (χ1) is 9.10. The minimum absolute atomic E-state index is 0.158. The molecule has 5 heteroatoms. The standard InChI is InChI=1S/C14H17BrFN3/c1-3-17-14(6-10-8-18-19(2)9-10)11-4-5-13(16)12(15)7-11/h4-5,7-9,14,17H,3,6H2,1-2H3. The van der Waals surface area contributed by atoms with Gasteiger partial charge in [0.25, 0.3) is 0 Å². The fourth-order valence-corrected chi connectivity index (χ4v) is 2.49. The van der Waals surface area contributed by atoms with Crippen LogP contribution in [0.15, 0.2) is 35.1 Å². The molecule has 102 valence electrons. The third-order valence-electron chi connectivity index (χ3n) is 2.99. The summed E-state index contributed by atoms with van der Waals surface area (Å²) < 4.78 is 15.6. The van der Waals surface area contributed by atoms with E-state index in [9.17, 15) is 4.39 Å². The smallest absolute Gasteiger partial charge is 0.137 e. The van der Waals surface area contributed by atoms with Gasteiger partial charge in [0.05, 0.1) is 10.7 Å². The van der Waals surface area contributed by atoms with Crippen molar-refractivity contribution in [3.63, 3.8) is 0 Å². The molecule has 1 unspecified atom stereocenters. The average Bonchev–Trinajstić information content (AvgIpc) is 2.78. The summed E-state index contributed by atoms with van der Waals surface area (Å²) in [6, 6.07) is 5.31. The highest BCUT2D eigenvalue weighted by atomic mass is 79.9. The summed E-state index contributed by atoms with van der Waals surface area (Å²) in [6.45, 7) is 2.93. The van der Waals surface area contributed by atoms with Gasteiger partial charge in [-0.1, -0.05) is 13.0 Å². The average molecular weight is 326 g/mol. The molecular formula is C14H17BrFN3. The maximum atomic E-state index is 13.3. The molecule has 0 bridgehead atoms. The second-order valence-electron chi connectivity index (χ2n) is 4.51. The Balaban J connectivity index is 2.21. The molecule has 1 aromatic carbocycles. The summed E-state index contributed by atoms with van der Waals surface area (Å²) in [4.78, 5) is 0. The molecule has 0 radical (unpaired) electrons. The summed E-state index contributed by atoms with van der Waals surface area (Å²) in [5.41, 5.74) is 2.23. The maximum Gasteiger partial charge on any atom is 0.137 e. The number of halogens is 2. The predicted octanol–water partition coefficient (Wildman–Crippen LogP) is 3.22. The molecule has 0 saturated carbocycles. The van der Waals surface area contributed by atoms with Gasteiger partial charge in [0.1, 0.15) is 5.82 Å². The van der Waals surface area contributed by atoms with Crippen LogP contribution in [0.25, 0.3) is 0 Å². The third kappa shape index (κ3) is 3.64. The highest BCUT2D eigenvalue weighted by Crippen LogP contribution is 2.23. The molecular weight excluding hydrogens is 309 g/mol. The van der Waals surface area contributed by atoms with Gasteiger partial charge in [-0.05, 0) is 52.2 Å². The largest absolute Gasteiger partial charge is 0.310 e. The quantitative estimate of drug-likeness (QED) is 0.914. The molecule has 2 aromatic rings. The van der Waals surface area contributed by atoms with Crippen molar-refractivity contribution in [2.75, 3.05) is 6.54 Å². The first-order valence-electron chi connectivity index (χ1n) is 6.26. The summed E-state index contributed by atoms with van der Waals surface area (Å²) in [7, 11) is 1.90. The van der Waals surface area contributed by atoms with Crippen LogP contribution in [-0.2, 0) is 13.5 Å². The van der Waals surface area contributed by atoms with E-state index in [0.29, 0.717) is 4.47 Å². The van der Waals surface area contributed by atoms with Gasteiger partial charge in [-0.2, -0.15) is 5.10 Å². The van der Waals surface area contributed by atoms with Gasteiger partial charge in [-0.25, -0.2) is 4.39 Å². The van der Waals surface area contributed by atoms with Crippen molar-refractivity contribution >= 4 is 15.9 Å². The lowest BCUT2D eigenvalue weighted by Crippen LogP contribution is -2.22. The Kier molecular flexibility index (Phi) is 4.71. The molecule has 1 heterocycles. The number of benzene rings is 1. The number of nitrogens with zero attached hydrogens (tertiary/aromatic N) is 2. The lowest BCUT2D eigenvalue weighted by atomic mass is 10.0. The molecule has 1 N–H and O–H groups in total. The molecule has 0 aliphatic heterocycles. The van der Waals surface area contributed by atoms with Crippen molar-refractivity contribution in [1.29, 1.82) is 0 Å². The fourth-order valence-electron chi connectivity index (χ4n) is 2.10. The van der Waals surface area contributed by atoms with Crippen molar-refractivity contribution in [2.45, 2.75) is 19.4 Å². The highest BCUT2D eigenvalue weighted by Gasteiger charge is 2.13. The molecule has 0 aliphatic rings. The minimum Gasteiger partial charge on any atom is -0.310 e. The molecule has 19 heavy (non-hydrogen) atoms. The van der Waals surface area contributed by atoms with Crippen molar-refractivity contribution in [2.24, 2.45) is 7.05 Å². The minimum atomic E-state index is -0.236. The number of aromatic nitrogens is 2. The molecule has 1 aromatic heterocycles. The topological polar surface area (TPSA) is 29.9 Å². The van der Waals surface area contributed by atoms with Crippen LogP contribution >= 0.6 is 15.9 Å². The first kappa shape index (κ1) is 14.2. The van der Waals surface area contributed by atoms with Crippen LogP contribution in [0, 0.1) is 5.82 Å². The van der Waals surface area contributed by atoms with E-state index >= 15 is 0 Å². The second-order valence-corrected chi connectivity index (χ2v) is 5.36. The zero-order valence-corrected chi connectivity index (χ0v) is 12.6. The first-order valence-corrected chi connectivity index (χ1v) is 7.05. The van der Waals surface area contributed by atoms with Crippen LogP contribution in [0.4, 0.5) is 4.39 Å². The van der Waals surface area contributed by atoms with Gasteiger partial charge in [-0.15, -0.1) is 0 Å². The Hall–Kier alpha value is -1.20. The van der Waals surface area contributed by atoms with Gasteiger partial charge in [0.15, 0.2) is 0 Å². The fraction of sp³-hybridized carbons (Fsp3) is 0.357. The summed E-state index contributed by atoms with van der Waals surface area (Å²) in [5.74, 6) is -0.236. The summed E-state index contributed by atoms with van der Waals surface area (Å²) in [5, 5.41) is 7.60. The Labute approximate surface area is 121 Å². The summed E-state index contributed by atoms with van der Waals surface area (Å²) in [6.07, 6.45) is 4.70. The number of hydrogen-bond acceptors (Lipinski definition) is 2. The number of hydrogen-bond donors (Lipinski definition) is 1. The van der Waals surface area contributed by atoms with Crippen LogP contribution in [0.2, 0.25) is 0 Å². The Bertz CT molecular complexity index is 553. The SMILES string of the molecule is CCNC(Cc1cnn(C)c1)c1ccc(F)c(Br)c1. The molecule has 1 atom stereocenters. The zero-order valence-electron chi connectivity index (χ0n) is 11.0. The molecule has 0 spiro atoms. The van der Waals surface area contributed by atoms with Gasteiger partial charge in [0, 0.05) is 19.3 Å². The van der Waals surface area contributed by atoms with Crippen molar-refractivity contribution in [1.82, 2.24) is 15.1 Å². The van der Waals surface area contributed by atoms with Crippen molar-refractivity contribution < 1.29 is 4.39 Å². The maximum absolute atomic E-state index is 13.3. The molecule has 0 fully saturated rings. The van der Waals surface area contributed by atoms with E-state index in [-0.39, 0.29) is 11.9 Å². The predicted molar refractivity (Wildman–Crippen MR) is 77.4 cm³/mol. The van der Waals surface area contributed by atoms with E-state index in [1.807, 2.05) is 31.6 Å². The van der Waals surface area contributed by atoms with Gasteiger partial charge >= 0.3 is 0 Å². The van der Waals surface area contributed by atoms with Crippen LogP contribution < -0.4 is 5.32 Å². The Morgan fingerprint density at radius 3 is 2.84 bits per heavy atom. The number of nitrogens with one attached hydrogen (secondary N) is 1. The third-order valence-corrected chi connectivity index (χ3v) is 3.60. The molecule has 0 saturated heterocycles. The van der Waals surface area contributed by atoms with E-state index in [2.05, 4.69) is 33.3 Å². The monoisotopic (exact) mass is 325 g/mol. The molecule has 0 aliphatic carbocycles. The van der Waals surface area contributed by atoms with Crippen LogP contribution in [0.5, 0.6) is 0 Å². The van der Waals surface area contributed by atoms with Gasteiger partial charge in [0.2, 0.25) is 0 Å². The van der Waals surface area contributed by atoms with E-state index < -0.39 is 0 Å². The molecule has 0 amide bonds. The Morgan fingerprint density at radius 1 is 1.47 bits per heavy atom. The number of aryl methyl sites for hydroxylation is 1. The van der Waals surface area contributed by atoms with E-state index in [1.54, 1.807) is 4.68 Å². The van der Waals surface area contributed by atoms with Crippen LogP contribution in [-0.4, -0.2) is 16.3 Å². The van der Waals surface area contributed by atoms with Crippen molar-refractivity contribution in [3.05, 3.63) is 52.0 Å². The van der Waals surface area contributed by atoms with Crippen molar-refractivity contribution in [3.8, 4) is 0 Å². The highest BCUT2D eigenvalue weighted by molar-refractivity contribution is 9.10. The lowest BCUT2D eigenvalue weighted by Gasteiger charge is -2.18. The Morgan fingerprint density at radius 2 is 2.26 bits per heavy atom. The normalized spacial score (nSPS) is 12.6.